The van der Waals surface area contributed by atoms with E-state index in [2.05, 4.69) is 4.99 Å². The van der Waals surface area contributed by atoms with Crippen LogP contribution in [0.25, 0.3) is 10.9 Å². The number of aliphatic imine (C=N–C) groups is 1. The number of nitrogens with two attached hydrogens (primary N) is 1. The van der Waals surface area contributed by atoms with Gasteiger partial charge in [0.1, 0.15) is 5.69 Å². The molecule has 0 unspecified atom stereocenters. The molecule has 2 aromatic rings. The average Bonchev–Trinajstić information content (AvgIpc) is 2.59. The molecule has 0 aliphatic carbocycles. The van der Waals surface area contributed by atoms with Crippen molar-refractivity contribution in [1.29, 1.82) is 0 Å². The van der Waals surface area contributed by atoms with E-state index in [9.17, 15) is 9.59 Å². The zero-order chi connectivity index (χ0) is 10.8. The van der Waals surface area contributed by atoms with Gasteiger partial charge >= 0.3 is 6.03 Å². The zero-order valence-corrected chi connectivity index (χ0v) is 7.68. The van der Waals surface area contributed by atoms with E-state index in [1.54, 1.807) is 24.3 Å². The highest BCUT2D eigenvalue weighted by Crippen LogP contribution is 2.27. The van der Waals surface area contributed by atoms with Crippen LogP contribution in [0.4, 0.5) is 10.5 Å². The van der Waals surface area contributed by atoms with Gasteiger partial charge in [-0.05, 0) is 6.07 Å². The van der Waals surface area contributed by atoms with Crippen LogP contribution in [-0.2, 0) is 4.79 Å². The Labute approximate surface area is 84.8 Å². The molecule has 1 amide bonds. The van der Waals surface area contributed by atoms with Gasteiger partial charge in [0.15, 0.2) is 0 Å². The van der Waals surface area contributed by atoms with Crippen molar-refractivity contribution in [3.8, 4) is 0 Å². The average molecular weight is 201 g/mol. The van der Waals surface area contributed by atoms with Crippen LogP contribution in [0.5, 0.6) is 0 Å². The lowest BCUT2D eigenvalue weighted by molar-refractivity contribution is 0.251. The highest BCUT2D eigenvalue weighted by atomic mass is 16.2. The fraction of sp³-hybridized carbons (Fsp3) is 0. The predicted octanol–water partition coefficient (Wildman–Crippen LogP) is 1.54. The summed E-state index contributed by atoms with van der Waals surface area (Å²) in [5.41, 5.74) is 6.19. The van der Waals surface area contributed by atoms with Crippen LogP contribution in [0.3, 0.4) is 0 Å². The number of para-hydroxylation sites is 1. The van der Waals surface area contributed by atoms with E-state index >= 15 is 0 Å². The third kappa shape index (κ3) is 1.41. The normalized spacial score (nSPS) is 9.87. The molecule has 0 aliphatic rings. The summed E-state index contributed by atoms with van der Waals surface area (Å²) >= 11 is 0. The van der Waals surface area contributed by atoms with Crippen molar-refractivity contribution < 1.29 is 9.59 Å². The maximum Gasteiger partial charge on any atom is 0.323 e. The Hall–Kier alpha value is -2.39. The minimum Gasteiger partial charge on any atom is -0.351 e. The number of nitrogens with zero attached hydrogens (tertiary/aromatic N) is 2. The molecule has 0 aliphatic heterocycles. The molecule has 0 spiro atoms. The molecule has 0 fully saturated rings. The lowest BCUT2D eigenvalue weighted by Crippen LogP contribution is -2.17. The molecule has 0 saturated carbocycles. The maximum absolute atomic E-state index is 11.1. The summed E-state index contributed by atoms with van der Waals surface area (Å²) < 4.78 is 1.24. The van der Waals surface area contributed by atoms with Crippen LogP contribution in [0.2, 0.25) is 0 Å². The van der Waals surface area contributed by atoms with Gasteiger partial charge in [0.25, 0.3) is 0 Å². The molecule has 0 radical (unpaired) electrons. The van der Waals surface area contributed by atoms with Crippen LogP contribution in [-0.4, -0.2) is 16.7 Å². The van der Waals surface area contributed by atoms with Crippen LogP contribution in [0, 0.1) is 0 Å². The second-order valence-electron chi connectivity index (χ2n) is 2.94. The summed E-state index contributed by atoms with van der Waals surface area (Å²) in [6, 6.07) is 6.43. The maximum atomic E-state index is 11.1. The van der Waals surface area contributed by atoms with E-state index in [0.717, 1.165) is 0 Å². The van der Waals surface area contributed by atoms with E-state index in [0.29, 0.717) is 16.6 Å². The molecule has 15 heavy (non-hydrogen) atoms. The summed E-state index contributed by atoms with van der Waals surface area (Å²) in [5, 5.41) is 0.694. The largest absolute Gasteiger partial charge is 0.351 e. The van der Waals surface area contributed by atoms with E-state index in [1.807, 2.05) is 0 Å². The highest BCUT2D eigenvalue weighted by Gasteiger charge is 2.09. The van der Waals surface area contributed by atoms with Crippen molar-refractivity contribution in [2.45, 2.75) is 0 Å². The first-order chi connectivity index (χ1) is 7.24. The van der Waals surface area contributed by atoms with Gasteiger partial charge in [-0.25, -0.2) is 9.59 Å². The minimum absolute atomic E-state index is 0.388. The summed E-state index contributed by atoms with van der Waals surface area (Å²) in [7, 11) is 0. The van der Waals surface area contributed by atoms with Gasteiger partial charge in [-0.15, -0.1) is 0 Å². The summed E-state index contributed by atoms with van der Waals surface area (Å²) in [4.78, 5) is 24.8. The topological polar surface area (TPSA) is 77.5 Å². The number of primary amides is 1. The third-order valence-electron chi connectivity index (χ3n) is 2.09. The SMILES string of the molecule is NC(=O)n1cc(N=C=O)c2ccccc21. The van der Waals surface area contributed by atoms with Crippen LogP contribution >= 0.6 is 0 Å². The van der Waals surface area contributed by atoms with Gasteiger partial charge < -0.3 is 5.73 Å². The number of rotatable bonds is 1. The van der Waals surface area contributed by atoms with Crippen LogP contribution < -0.4 is 5.73 Å². The lowest BCUT2D eigenvalue weighted by atomic mass is 10.2. The zero-order valence-electron chi connectivity index (χ0n) is 7.68. The molecule has 5 heteroatoms. The van der Waals surface area contributed by atoms with Gasteiger partial charge in [0.2, 0.25) is 6.08 Å². The molecule has 1 heterocycles. The number of hydrogen-bond acceptors (Lipinski definition) is 3. The van der Waals surface area contributed by atoms with Gasteiger partial charge in [-0.2, -0.15) is 4.99 Å². The van der Waals surface area contributed by atoms with Gasteiger partial charge in [0.05, 0.1) is 5.52 Å². The summed E-state index contributed by atoms with van der Waals surface area (Å²) in [6.45, 7) is 0. The fourth-order valence-corrected chi connectivity index (χ4v) is 1.48. The Kier molecular flexibility index (Phi) is 2.08. The quantitative estimate of drug-likeness (QED) is 0.561. The van der Waals surface area contributed by atoms with Crippen molar-refractivity contribution in [3.63, 3.8) is 0 Å². The van der Waals surface area contributed by atoms with Crippen LogP contribution in [0.1, 0.15) is 0 Å². The smallest absolute Gasteiger partial charge is 0.323 e. The van der Waals surface area contributed by atoms with Gasteiger partial charge in [0, 0.05) is 11.6 Å². The number of amides is 1. The molecular formula is C10H7N3O2. The van der Waals surface area contributed by atoms with Crippen LogP contribution in [0.15, 0.2) is 35.5 Å². The molecule has 2 N–H and O–H groups in total. The first-order valence-corrected chi connectivity index (χ1v) is 4.22. The number of fused-ring (bicyclic) bond motifs is 1. The van der Waals surface area contributed by atoms with Crippen molar-refractivity contribution in [2.24, 2.45) is 10.7 Å². The Morgan fingerprint density at radius 2 is 2.13 bits per heavy atom. The van der Waals surface area contributed by atoms with Gasteiger partial charge in [-0.3, -0.25) is 4.57 Å². The number of hydrogen-bond donors (Lipinski definition) is 1. The first kappa shape index (κ1) is 9.18. The Bertz CT molecular complexity index is 543. The number of carbonyl (C=O) groups is 1. The number of carbonyl (C=O) groups excluding carboxylic acids is 2. The molecule has 1 aromatic heterocycles. The van der Waals surface area contributed by atoms with Crippen molar-refractivity contribution in [1.82, 2.24) is 4.57 Å². The fourth-order valence-electron chi connectivity index (χ4n) is 1.48. The minimum atomic E-state index is -0.612. The Morgan fingerprint density at radius 3 is 2.80 bits per heavy atom. The highest BCUT2D eigenvalue weighted by molar-refractivity contribution is 5.98. The van der Waals surface area contributed by atoms with E-state index in [4.69, 9.17) is 5.73 Å². The third-order valence-corrected chi connectivity index (χ3v) is 2.09. The lowest BCUT2D eigenvalue weighted by Gasteiger charge is -1.96. The molecule has 5 nitrogen and oxygen atoms in total. The summed E-state index contributed by atoms with van der Waals surface area (Å²) in [5.74, 6) is 0. The molecule has 1 aromatic carbocycles. The Balaban J connectivity index is 2.84. The van der Waals surface area contributed by atoms with E-state index < -0.39 is 6.03 Å². The molecular weight excluding hydrogens is 194 g/mol. The molecule has 74 valence electrons. The van der Waals surface area contributed by atoms with Crippen molar-refractivity contribution in [2.75, 3.05) is 0 Å². The van der Waals surface area contributed by atoms with E-state index in [1.165, 1.54) is 16.8 Å². The predicted molar refractivity (Wildman–Crippen MR) is 54.7 cm³/mol. The van der Waals surface area contributed by atoms with Crippen molar-refractivity contribution >= 4 is 28.7 Å². The molecule has 2 rings (SSSR count). The molecule has 0 atom stereocenters. The van der Waals surface area contributed by atoms with Gasteiger partial charge in [-0.1, -0.05) is 18.2 Å². The number of aromatic nitrogens is 1. The number of isocyanates is 1. The second-order valence-corrected chi connectivity index (χ2v) is 2.94. The van der Waals surface area contributed by atoms with Crippen molar-refractivity contribution in [3.05, 3.63) is 30.5 Å². The standard InChI is InChI=1S/C10H7N3O2/c11-10(15)13-5-8(12-6-14)7-3-1-2-4-9(7)13/h1-5H,(H2,11,15). The second kappa shape index (κ2) is 3.40. The summed E-state index contributed by atoms with van der Waals surface area (Å²) in [6.07, 6.45) is 2.85. The monoisotopic (exact) mass is 201 g/mol. The molecule has 0 saturated heterocycles. The molecule has 0 bridgehead atoms. The first-order valence-electron chi connectivity index (χ1n) is 4.22. The number of benzene rings is 1. The van der Waals surface area contributed by atoms with E-state index in [-0.39, 0.29) is 0 Å². The Morgan fingerprint density at radius 1 is 1.40 bits per heavy atom.